The van der Waals surface area contributed by atoms with Gasteiger partial charge in [-0.3, -0.25) is 4.79 Å². The molecule has 0 heterocycles. The molecule has 2 aliphatic carbocycles. The van der Waals surface area contributed by atoms with E-state index in [1.165, 1.54) is 32.1 Å². The maximum absolute atomic E-state index is 11.6. The molecule has 3 nitrogen and oxygen atoms in total. The molecule has 3 unspecified atom stereocenters. The third kappa shape index (κ3) is 5.08. The van der Waals surface area contributed by atoms with E-state index in [9.17, 15) is 4.79 Å². The van der Waals surface area contributed by atoms with Gasteiger partial charge in [0.25, 0.3) is 0 Å². The predicted octanol–water partition coefficient (Wildman–Crippen LogP) is 3.10. The van der Waals surface area contributed by atoms with E-state index < -0.39 is 0 Å². The number of carbonyl (C=O) groups is 1. The van der Waals surface area contributed by atoms with Gasteiger partial charge in [0.05, 0.1) is 0 Å². The van der Waals surface area contributed by atoms with Crippen molar-refractivity contribution in [3.05, 3.63) is 0 Å². The molecule has 0 aromatic heterocycles. The minimum absolute atomic E-state index is 0.242. The van der Waals surface area contributed by atoms with Gasteiger partial charge in [0.15, 0.2) is 0 Å². The summed E-state index contributed by atoms with van der Waals surface area (Å²) in [6.45, 7) is 8.05. The summed E-state index contributed by atoms with van der Waals surface area (Å²) in [6.07, 6.45) is 8.05. The Morgan fingerprint density at radius 3 is 2.60 bits per heavy atom. The molecule has 0 saturated heterocycles. The van der Waals surface area contributed by atoms with Crippen LogP contribution in [0.3, 0.4) is 0 Å². The molecule has 0 aromatic carbocycles. The number of rotatable bonds is 7. The van der Waals surface area contributed by atoms with Crippen molar-refractivity contribution < 1.29 is 4.79 Å². The summed E-state index contributed by atoms with van der Waals surface area (Å²) in [5.74, 6) is 2.66. The zero-order chi connectivity index (χ0) is 14.5. The van der Waals surface area contributed by atoms with Crippen LogP contribution in [0.1, 0.15) is 65.7 Å². The SMILES string of the molecule is CC1CCC(C(C)C)C(NCCCC(=O)NC2CC2)C1. The molecule has 0 aromatic rings. The monoisotopic (exact) mass is 280 g/mol. The Balaban J connectivity index is 1.63. The highest BCUT2D eigenvalue weighted by atomic mass is 16.1. The fourth-order valence-electron chi connectivity index (χ4n) is 3.50. The van der Waals surface area contributed by atoms with Crippen LogP contribution in [0.25, 0.3) is 0 Å². The highest BCUT2D eigenvalue weighted by Crippen LogP contribution is 2.33. The summed E-state index contributed by atoms with van der Waals surface area (Å²) < 4.78 is 0. The minimum atomic E-state index is 0.242. The topological polar surface area (TPSA) is 41.1 Å². The molecular formula is C17H32N2O. The van der Waals surface area contributed by atoms with Gasteiger partial charge in [0, 0.05) is 18.5 Å². The average molecular weight is 280 g/mol. The van der Waals surface area contributed by atoms with Gasteiger partial charge in [-0.1, -0.05) is 27.2 Å². The van der Waals surface area contributed by atoms with Crippen LogP contribution < -0.4 is 10.6 Å². The first kappa shape index (κ1) is 15.8. The molecular weight excluding hydrogens is 248 g/mol. The van der Waals surface area contributed by atoms with Gasteiger partial charge in [0.1, 0.15) is 0 Å². The van der Waals surface area contributed by atoms with E-state index in [4.69, 9.17) is 0 Å². The summed E-state index contributed by atoms with van der Waals surface area (Å²) >= 11 is 0. The third-order valence-corrected chi connectivity index (χ3v) is 4.95. The third-order valence-electron chi connectivity index (χ3n) is 4.95. The predicted molar refractivity (Wildman–Crippen MR) is 83.5 cm³/mol. The van der Waals surface area contributed by atoms with Crippen molar-refractivity contribution in [3.63, 3.8) is 0 Å². The van der Waals surface area contributed by atoms with Crippen molar-refractivity contribution in [2.45, 2.75) is 77.8 Å². The van der Waals surface area contributed by atoms with E-state index in [-0.39, 0.29) is 5.91 Å². The molecule has 2 N–H and O–H groups in total. The van der Waals surface area contributed by atoms with Crippen LogP contribution in [-0.4, -0.2) is 24.5 Å². The molecule has 20 heavy (non-hydrogen) atoms. The van der Waals surface area contributed by atoms with Crippen molar-refractivity contribution in [2.24, 2.45) is 17.8 Å². The zero-order valence-electron chi connectivity index (χ0n) is 13.5. The Bertz CT molecular complexity index is 312. The number of carbonyl (C=O) groups excluding carboxylic acids is 1. The van der Waals surface area contributed by atoms with Crippen molar-refractivity contribution in [1.82, 2.24) is 10.6 Å². The van der Waals surface area contributed by atoms with Gasteiger partial charge in [-0.2, -0.15) is 0 Å². The van der Waals surface area contributed by atoms with Gasteiger partial charge in [-0.25, -0.2) is 0 Å². The van der Waals surface area contributed by atoms with Crippen LogP contribution in [0.2, 0.25) is 0 Å². The number of hydrogen-bond donors (Lipinski definition) is 2. The first-order chi connectivity index (χ1) is 9.56. The van der Waals surface area contributed by atoms with Crippen LogP contribution in [0, 0.1) is 17.8 Å². The lowest BCUT2D eigenvalue weighted by atomic mass is 9.74. The van der Waals surface area contributed by atoms with E-state index in [1.807, 2.05) is 0 Å². The smallest absolute Gasteiger partial charge is 0.220 e. The Hall–Kier alpha value is -0.570. The summed E-state index contributed by atoms with van der Waals surface area (Å²) in [4.78, 5) is 11.6. The maximum Gasteiger partial charge on any atom is 0.220 e. The lowest BCUT2D eigenvalue weighted by Gasteiger charge is -2.38. The van der Waals surface area contributed by atoms with E-state index in [1.54, 1.807) is 0 Å². The van der Waals surface area contributed by atoms with E-state index in [2.05, 4.69) is 31.4 Å². The molecule has 0 bridgehead atoms. The second kappa shape index (κ2) is 7.44. The molecule has 2 rings (SSSR count). The standard InChI is InChI=1S/C17H32N2O/c1-12(2)15-9-6-13(3)11-16(15)18-10-4-5-17(20)19-14-7-8-14/h12-16,18H,4-11H2,1-3H3,(H,19,20). The minimum Gasteiger partial charge on any atom is -0.353 e. The van der Waals surface area contributed by atoms with Crippen LogP contribution in [0.15, 0.2) is 0 Å². The second-order valence-corrected chi connectivity index (χ2v) is 7.33. The fraction of sp³-hybridized carbons (Fsp3) is 0.941. The zero-order valence-corrected chi connectivity index (χ0v) is 13.5. The number of amides is 1. The fourth-order valence-corrected chi connectivity index (χ4v) is 3.50. The lowest BCUT2D eigenvalue weighted by Crippen LogP contribution is -2.43. The normalized spacial score (nSPS) is 30.5. The van der Waals surface area contributed by atoms with Crippen molar-refractivity contribution >= 4 is 5.91 Å². The van der Waals surface area contributed by atoms with E-state index >= 15 is 0 Å². The number of nitrogens with one attached hydrogen (secondary N) is 2. The largest absolute Gasteiger partial charge is 0.353 e. The van der Waals surface area contributed by atoms with E-state index in [0.717, 1.165) is 30.7 Å². The maximum atomic E-state index is 11.6. The average Bonchev–Trinajstić information content (AvgIpc) is 3.18. The summed E-state index contributed by atoms with van der Waals surface area (Å²) in [5.41, 5.74) is 0. The molecule has 0 spiro atoms. The second-order valence-electron chi connectivity index (χ2n) is 7.33. The molecule has 3 atom stereocenters. The Kier molecular flexibility index (Phi) is 5.88. The summed E-state index contributed by atoms with van der Waals surface area (Å²) in [6, 6.07) is 1.16. The van der Waals surface area contributed by atoms with Gasteiger partial charge in [0.2, 0.25) is 5.91 Å². The molecule has 2 saturated carbocycles. The molecule has 0 radical (unpaired) electrons. The molecule has 1 amide bonds. The first-order valence-corrected chi connectivity index (χ1v) is 8.59. The Labute approximate surface area is 124 Å². The molecule has 3 heteroatoms. The molecule has 116 valence electrons. The molecule has 2 fully saturated rings. The van der Waals surface area contributed by atoms with Crippen molar-refractivity contribution in [1.29, 1.82) is 0 Å². The van der Waals surface area contributed by atoms with Crippen molar-refractivity contribution in [3.8, 4) is 0 Å². The van der Waals surface area contributed by atoms with Crippen LogP contribution >= 0.6 is 0 Å². The lowest BCUT2D eigenvalue weighted by molar-refractivity contribution is -0.121. The van der Waals surface area contributed by atoms with Gasteiger partial charge in [-0.15, -0.1) is 0 Å². The van der Waals surface area contributed by atoms with Gasteiger partial charge in [-0.05, 0) is 56.4 Å². The highest BCUT2D eigenvalue weighted by Gasteiger charge is 2.30. The number of hydrogen-bond acceptors (Lipinski definition) is 2. The van der Waals surface area contributed by atoms with Gasteiger partial charge < -0.3 is 10.6 Å². The van der Waals surface area contributed by atoms with Crippen molar-refractivity contribution in [2.75, 3.05) is 6.54 Å². The molecule has 2 aliphatic rings. The first-order valence-electron chi connectivity index (χ1n) is 8.59. The molecule has 0 aliphatic heterocycles. The van der Waals surface area contributed by atoms with Crippen LogP contribution in [-0.2, 0) is 4.79 Å². The quantitative estimate of drug-likeness (QED) is 0.704. The van der Waals surface area contributed by atoms with Gasteiger partial charge >= 0.3 is 0 Å². The Morgan fingerprint density at radius 2 is 1.95 bits per heavy atom. The summed E-state index contributed by atoms with van der Waals surface area (Å²) in [7, 11) is 0. The van der Waals surface area contributed by atoms with Crippen LogP contribution in [0.4, 0.5) is 0 Å². The Morgan fingerprint density at radius 1 is 1.20 bits per heavy atom. The van der Waals surface area contributed by atoms with Crippen LogP contribution in [0.5, 0.6) is 0 Å². The highest BCUT2D eigenvalue weighted by molar-refractivity contribution is 5.76. The summed E-state index contributed by atoms with van der Waals surface area (Å²) in [5, 5.41) is 6.79. The van der Waals surface area contributed by atoms with E-state index in [0.29, 0.717) is 18.5 Å².